The van der Waals surface area contributed by atoms with E-state index in [1.807, 2.05) is 0 Å². The number of halogens is 6. The zero-order valence-electron chi connectivity index (χ0n) is 14.3. The van der Waals surface area contributed by atoms with Crippen LogP contribution >= 0.6 is 0 Å². The van der Waals surface area contributed by atoms with Crippen LogP contribution < -0.4 is 10.2 Å². The van der Waals surface area contributed by atoms with Gasteiger partial charge in [0.25, 0.3) is 0 Å². The second-order valence-corrected chi connectivity index (χ2v) is 5.31. The Balaban J connectivity index is 3.55. The van der Waals surface area contributed by atoms with Crippen LogP contribution in [-0.2, 0) is 10.7 Å². The molecule has 1 atom stereocenters. The van der Waals surface area contributed by atoms with Gasteiger partial charge in [-0.05, 0) is 19.1 Å². The average molecular weight is 402 g/mol. The normalized spacial score (nSPS) is 14.3. The topological polar surface area (TPSA) is 78.9 Å². The molecule has 0 aliphatic carbocycles. The molecule has 0 aromatic heterocycles. The first kappa shape index (κ1) is 22.5. The van der Waals surface area contributed by atoms with Crippen molar-refractivity contribution in [3.63, 3.8) is 0 Å². The minimum atomic E-state index is -6.31. The Kier molecular flexibility index (Phi) is 6.37. The number of hydrogen-bond donors (Lipinski definition) is 2. The summed E-state index contributed by atoms with van der Waals surface area (Å²) in [4.78, 5) is 24.5. The number of urea groups is 1. The third-order valence-electron chi connectivity index (χ3n) is 3.55. The lowest BCUT2D eigenvalue weighted by atomic mass is 9.97. The van der Waals surface area contributed by atoms with Gasteiger partial charge in [0, 0.05) is 19.2 Å². The molecule has 152 valence electrons. The Morgan fingerprint density at radius 1 is 1.19 bits per heavy atom. The zero-order chi connectivity index (χ0) is 21.2. The number of benzene rings is 1. The van der Waals surface area contributed by atoms with Gasteiger partial charge in [-0.3, -0.25) is 4.90 Å². The van der Waals surface area contributed by atoms with E-state index in [-0.39, 0.29) is 18.3 Å². The molecule has 0 saturated carbocycles. The maximum atomic E-state index is 14.0. The summed E-state index contributed by atoms with van der Waals surface area (Å²) in [6.07, 6.45) is -6.31. The van der Waals surface area contributed by atoms with Crippen LogP contribution in [0.2, 0.25) is 0 Å². The average Bonchev–Trinajstić information content (AvgIpc) is 2.58. The Morgan fingerprint density at radius 3 is 2.19 bits per heavy atom. The number of ether oxygens (including phenoxy) is 1. The Morgan fingerprint density at radius 2 is 1.74 bits per heavy atom. The summed E-state index contributed by atoms with van der Waals surface area (Å²) in [5, 5.41) is 11.1. The van der Waals surface area contributed by atoms with E-state index in [4.69, 9.17) is 5.11 Å². The fourth-order valence-electron chi connectivity index (χ4n) is 2.05. The molecule has 1 unspecified atom stereocenters. The largest absolute Gasteiger partial charge is 0.465 e. The van der Waals surface area contributed by atoms with Crippen LogP contribution in [0.5, 0.6) is 0 Å². The van der Waals surface area contributed by atoms with E-state index in [9.17, 15) is 35.9 Å². The molecule has 2 N–H and O–H groups in total. The van der Waals surface area contributed by atoms with Crippen molar-refractivity contribution in [2.45, 2.75) is 24.9 Å². The Hall–Kier alpha value is -2.50. The fourth-order valence-corrected chi connectivity index (χ4v) is 2.05. The van der Waals surface area contributed by atoms with Gasteiger partial charge in [0.2, 0.25) is 0 Å². The number of amides is 2. The first-order valence-corrected chi connectivity index (χ1v) is 7.32. The van der Waals surface area contributed by atoms with Gasteiger partial charge in [-0.1, -0.05) is 6.07 Å². The summed E-state index contributed by atoms with van der Waals surface area (Å²) in [5.74, 6) is -12.6. The highest BCUT2D eigenvalue weighted by atomic mass is 19.4. The molecule has 0 spiro atoms. The van der Waals surface area contributed by atoms with Gasteiger partial charge in [0.05, 0.1) is 18.4 Å². The predicted molar refractivity (Wildman–Crippen MR) is 81.3 cm³/mol. The van der Waals surface area contributed by atoms with E-state index in [0.717, 1.165) is 19.1 Å². The minimum absolute atomic E-state index is 0.188. The number of nitrogens with zero attached hydrogens (tertiary/aromatic N) is 1. The molecule has 0 bridgehead atoms. The number of esters is 1. The smallest absolute Gasteiger partial charge is 0.455 e. The molecule has 27 heavy (non-hydrogen) atoms. The van der Waals surface area contributed by atoms with Crippen LogP contribution in [0.15, 0.2) is 18.2 Å². The molecule has 1 aromatic carbocycles. The molecule has 12 heteroatoms. The third kappa shape index (κ3) is 4.10. The molecule has 1 aromatic rings. The van der Waals surface area contributed by atoms with Crippen LogP contribution in [0.1, 0.15) is 22.8 Å². The quantitative estimate of drug-likeness (QED) is 0.587. The van der Waals surface area contributed by atoms with Crippen molar-refractivity contribution < 1.29 is 45.8 Å². The number of nitrogens with one attached hydrogen (secondary N) is 1. The van der Waals surface area contributed by atoms with E-state index < -0.39 is 41.1 Å². The highest BCUT2D eigenvalue weighted by molar-refractivity contribution is 6.02. The summed E-state index contributed by atoms with van der Waals surface area (Å²) in [6, 6.07) is 0.525. The van der Waals surface area contributed by atoms with Crippen molar-refractivity contribution in [1.82, 2.24) is 5.32 Å². The molecule has 0 heterocycles. The van der Waals surface area contributed by atoms with Crippen molar-refractivity contribution in [2.24, 2.45) is 0 Å². The van der Waals surface area contributed by atoms with Crippen molar-refractivity contribution in [3.05, 3.63) is 29.3 Å². The van der Waals surface area contributed by atoms with Crippen LogP contribution in [-0.4, -0.2) is 49.8 Å². The van der Waals surface area contributed by atoms with Gasteiger partial charge in [-0.25, -0.2) is 9.59 Å². The standard InChI is InChI=1S/C15H16F6N2O4/c1-4-22-12(25)23(2)10-6-5-8(7-9(10)11(24)27-3)13(16,17)14(18,26)15(19,20)21/h5-7,26H,4H2,1-3H3,(H,22,25). The number of rotatable bonds is 5. The SMILES string of the molecule is CCNC(=O)N(C)c1ccc(C(F)(F)C(O)(F)C(F)(F)F)cc1C(=O)OC. The number of carbonyl (C=O) groups is 2. The number of aliphatic hydroxyl groups is 1. The molecule has 6 nitrogen and oxygen atoms in total. The van der Waals surface area contributed by atoms with E-state index in [0.29, 0.717) is 12.1 Å². The number of carbonyl (C=O) groups excluding carboxylic acids is 2. The summed E-state index contributed by atoms with van der Waals surface area (Å²) >= 11 is 0. The highest BCUT2D eigenvalue weighted by Crippen LogP contribution is 2.49. The third-order valence-corrected chi connectivity index (χ3v) is 3.55. The second-order valence-electron chi connectivity index (χ2n) is 5.31. The number of methoxy groups -OCH3 is 1. The Bertz CT molecular complexity index is 721. The second kappa shape index (κ2) is 7.62. The minimum Gasteiger partial charge on any atom is -0.465 e. The fraction of sp³-hybridized carbons (Fsp3) is 0.467. The molecule has 2 amide bonds. The lowest BCUT2D eigenvalue weighted by Gasteiger charge is -2.31. The van der Waals surface area contributed by atoms with Gasteiger partial charge in [0.1, 0.15) is 0 Å². The first-order valence-electron chi connectivity index (χ1n) is 7.32. The molecular formula is C15H16F6N2O4. The van der Waals surface area contributed by atoms with Crippen molar-refractivity contribution in [3.8, 4) is 0 Å². The Labute approximate surface area is 149 Å². The van der Waals surface area contributed by atoms with E-state index >= 15 is 0 Å². The van der Waals surface area contributed by atoms with Crippen LogP contribution in [0, 0.1) is 0 Å². The lowest BCUT2D eigenvalue weighted by molar-refractivity contribution is -0.390. The molecule has 0 saturated heterocycles. The molecule has 0 fully saturated rings. The number of alkyl halides is 6. The lowest BCUT2D eigenvalue weighted by Crippen LogP contribution is -2.53. The maximum Gasteiger partial charge on any atom is 0.455 e. The van der Waals surface area contributed by atoms with Crippen LogP contribution in [0.3, 0.4) is 0 Å². The molecular weight excluding hydrogens is 386 g/mol. The molecule has 0 radical (unpaired) electrons. The van der Waals surface area contributed by atoms with Gasteiger partial charge in [0.15, 0.2) is 0 Å². The molecule has 0 aliphatic heterocycles. The monoisotopic (exact) mass is 402 g/mol. The first-order chi connectivity index (χ1) is 12.2. The number of hydrogen-bond acceptors (Lipinski definition) is 4. The van der Waals surface area contributed by atoms with Crippen LogP contribution in [0.4, 0.5) is 36.8 Å². The zero-order valence-corrected chi connectivity index (χ0v) is 14.3. The maximum absolute atomic E-state index is 14.0. The summed E-state index contributed by atoms with van der Waals surface area (Å²) in [6.45, 7) is 1.77. The van der Waals surface area contributed by atoms with Gasteiger partial charge in [-0.15, -0.1) is 0 Å². The molecule has 1 rings (SSSR count). The van der Waals surface area contributed by atoms with Gasteiger partial charge < -0.3 is 15.2 Å². The van der Waals surface area contributed by atoms with Gasteiger partial charge >= 0.3 is 30.0 Å². The highest BCUT2D eigenvalue weighted by Gasteiger charge is 2.71. The van der Waals surface area contributed by atoms with Crippen LogP contribution in [0.25, 0.3) is 0 Å². The van der Waals surface area contributed by atoms with Crippen molar-refractivity contribution in [2.75, 3.05) is 25.6 Å². The number of anilines is 1. The van der Waals surface area contributed by atoms with Crippen molar-refractivity contribution >= 4 is 17.7 Å². The molecule has 0 aliphatic rings. The summed E-state index contributed by atoms with van der Waals surface area (Å²) < 4.78 is 83.3. The van der Waals surface area contributed by atoms with Gasteiger partial charge in [-0.2, -0.15) is 26.3 Å². The van der Waals surface area contributed by atoms with E-state index in [2.05, 4.69) is 10.1 Å². The summed E-state index contributed by atoms with van der Waals surface area (Å²) in [7, 11) is 2.02. The predicted octanol–water partition coefficient (Wildman–Crippen LogP) is 2.95. The summed E-state index contributed by atoms with van der Waals surface area (Å²) in [5.41, 5.74) is -2.67. The van der Waals surface area contributed by atoms with E-state index in [1.165, 1.54) is 0 Å². The van der Waals surface area contributed by atoms with Crippen molar-refractivity contribution in [1.29, 1.82) is 0 Å². The van der Waals surface area contributed by atoms with E-state index in [1.54, 1.807) is 6.92 Å².